The van der Waals surface area contributed by atoms with Gasteiger partial charge in [-0.15, -0.1) is 0 Å². The second-order valence-electron chi connectivity index (χ2n) is 5.09. The maximum Gasteiger partial charge on any atom is 0.148 e. The molecule has 0 amide bonds. The fourth-order valence-corrected chi connectivity index (χ4v) is 3.12. The van der Waals surface area contributed by atoms with Crippen LogP contribution in [0.4, 0.5) is 0 Å². The molecule has 1 aromatic heterocycles. The molecule has 0 saturated carbocycles. The number of hydrogen-bond acceptors (Lipinski definition) is 2. The summed E-state index contributed by atoms with van der Waals surface area (Å²) in [6.07, 6.45) is 7.25. The number of fused-ring (bicyclic) bond motifs is 1. The third-order valence-electron chi connectivity index (χ3n) is 3.71. The molecule has 0 aliphatic heterocycles. The van der Waals surface area contributed by atoms with Crippen LogP contribution in [0, 0.1) is 0 Å². The first-order valence-electron chi connectivity index (χ1n) is 6.80. The van der Waals surface area contributed by atoms with Gasteiger partial charge in [-0.1, -0.05) is 24.6 Å². The van der Waals surface area contributed by atoms with Crippen molar-refractivity contribution in [3.8, 4) is 0 Å². The summed E-state index contributed by atoms with van der Waals surface area (Å²) in [4.78, 5) is 0. The van der Waals surface area contributed by atoms with Gasteiger partial charge in [-0.25, -0.2) is 0 Å². The minimum absolute atomic E-state index is 0.600. The second kappa shape index (κ2) is 5.51. The summed E-state index contributed by atoms with van der Waals surface area (Å²) >= 11 is 3.48. The summed E-state index contributed by atoms with van der Waals surface area (Å²) in [6.45, 7) is 0. The Balaban J connectivity index is 1.94. The molecule has 0 radical (unpaired) electrons. The Morgan fingerprint density at radius 1 is 1.21 bits per heavy atom. The van der Waals surface area contributed by atoms with Crippen molar-refractivity contribution in [3.05, 3.63) is 46.1 Å². The first-order chi connectivity index (χ1) is 9.25. The number of benzene rings is 1. The molecule has 1 N–H and O–H groups in total. The Kier molecular flexibility index (Phi) is 3.76. The van der Waals surface area contributed by atoms with Crippen molar-refractivity contribution in [2.75, 3.05) is 0 Å². The van der Waals surface area contributed by atoms with E-state index in [9.17, 15) is 5.11 Å². The maximum atomic E-state index is 10.5. The number of rotatable bonds is 2. The van der Waals surface area contributed by atoms with Gasteiger partial charge in [-0.3, -0.25) is 0 Å². The molecule has 0 saturated heterocycles. The fraction of sp³-hybridized carbons (Fsp3) is 0.375. The lowest BCUT2D eigenvalue weighted by atomic mass is 10.0. The highest BCUT2D eigenvalue weighted by atomic mass is 79.9. The van der Waals surface area contributed by atoms with Gasteiger partial charge < -0.3 is 9.52 Å². The van der Waals surface area contributed by atoms with Crippen LogP contribution in [0.3, 0.4) is 0 Å². The molecule has 0 fully saturated rings. The smallest absolute Gasteiger partial charge is 0.148 e. The zero-order valence-corrected chi connectivity index (χ0v) is 12.3. The Hall–Kier alpha value is -1.06. The molecule has 19 heavy (non-hydrogen) atoms. The molecule has 100 valence electrons. The van der Waals surface area contributed by atoms with Crippen LogP contribution in [-0.4, -0.2) is 5.11 Å². The van der Waals surface area contributed by atoms with Crippen LogP contribution in [0.1, 0.15) is 44.0 Å². The van der Waals surface area contributed by atoms with Crippen molar-refractivity contribution in [2.24, 2.45) is 0 Å². The summed E-state index contributed by atoms with van der Waals surface area (Å²) in [5, 5.41) is 11.5. The number of aliphatic hydroxyl groups is 1. The van der Waals surface area contributed by atoms with Crippen LogP contribution in [0.2, 0.25) is 0 Å². The Morgan fingerprint density at radius 3 is 2.95 bits per heavy atom. The van der Waals surface area contributed by atoms with E-state index in [0.29, 0.717) is 5.76 Å². The van der Waals surface area contributed by atoms with Crippen LogP contribution in [0.5, 0.6) is 0 Å². The highest BCUT2D eigenvalue weighted by molar-refractivity contribution is 9.10. The van der Waals surface area contributed by atoms with Crippen LogP contribution < -0.4 is 0 Å². The Bertz CT molecular complexity index is 612. The lowest BCUT2D eigenvalue weighted by Crippen LogP contribution is -1.99. The topological polar surface area (TPSA) is 33.4 Å². The van der Waals surface area contributed by atoms with Gasteiger partial charge in [0.05, 0.1) is 4.47 Å². The second-order valence-corrected chi connectivity index (χ2v) is 5.94. The number of halogens is 1. The molecule has 1 atom stereocenters. The molecule has 0 bridgehead atoms. The van der Waals surface area contributed by atoms with E-state index in [1.807, 2.05) is 24.3 Å². The molecule has 1 unspecified atom stereocenters. The van der Waals surface area contributed by atoms with Crippen LogP contribution in [0.15, 0.2) is 44.8 Å². The SMILES string of the molecule is OC(C1=CCCCCC1)c1cc2cccc(Br)c2o1. The van der Waals surface area contributed by atoms with Gasteiger partial charge >= 0.3 is 0 Å². The van der Waals surface area contributed by atoms with Gasteiger partial charge in [0.25, 0.3) is 0 Å². The molecule has 3 rings (SSSR count). The van der Waals surface area contributed by atoms with Gasteiger partial charge in [0.2, 0.25) is 0 Å². The molecule has 2 nitrogen and oxygen atoms in total. The molecule has 1 aliphatic rings. The van der Waals surface area contributed by atoms with Crippen LogP contribution in [-0.2, 0) is 0 Å². The zero-order valence-electron chi connectivity index (χ0n) is 10.7. The van der Waals surface area contributed by atoms with Crippen molar-refractivity contribution >= 4 is 26.9 Å². The van der Waals surface area contributed by atoms with E-state index in [2.05, 4.69) is 22.0 Å². The van der Waals surface area contributed by atoms with E-state index >= 15 is 0 Å². The van der Waals surface area contributed by atoms with Crippen molar-refractivity contribution in [2.45, 2.75) is 38.2 Å². The first-order valence-corrected chi connectivity index (χ1v) is 7.60. The summed E-state index contributed by atoms with van der Waals surface area (Å²) in [5.74, 6) is 0.648. The summed E-state index contributed by atoms with van der Waals surface area (Å²) < 4.78 is 6.75. The molecule has 1 heterocycles. The Morgan fingerprint density at radius 2 is 2.11 bits per heavy atom. The van der Waals surface area contributed by atoms with Crippen LogP contribution >= 0.6 is 15.9 Å². The number of allylic oxidation sites excluding steroid dienone is 1. The quantitative estimate of drug-likeness (QED) is 0.779. The standard InChI is InChI=1S/C16H17BrO2/c17-13-9-5-8-12-10-14(19-16(12)13)15(18)11-6-3-1-2-4-7-11/h5-6,8-10,15,18H,1-4,7H2. The molecule has 2 aromatic rings. The molecule has 1 aromatic carbocycles. The average molecular weight is 321 g/mol. The predicted molar refractivity (Wildman–Crippen MR) is 80.0 cm³/mol. The molecule has 0 spiro atoms. The predicted octanol–water partition coefficient (Wildman–Crippen LogP) is 5.12. The van der Waals surface area contributed by atoms with Gasteiger partial charge in [0.1, 0.15) is 17.4 Å². The van der Waals surface area contributed by atoms with E-state index in [1.54, 1.807) is 0 Å². The number of hydrogen-bond donors (Lipinski definition) is 1. The fourth-order valence-electron chi connectivity index (χ4n) is 2.65. The van der Waals surface area contributed by atoms with E-state index in [0.717, 1.165) is 40.3 Å². The summed E-state index contributed by atoms with van der Waals surface area (Å²) in [7, 11) is 0. The van der Waals surface area contributed by atoms with Crippen molar-refractivity contribution < 1.29 is 9.52 Å². The highest BCUT2D eigenvalue weighted by Gasteiger charge is 2.19. The third-order valence-corrected chi connectivity index (χ3v) is 4.34. The van der Waals surface area contributed by atoms with Gasteiger partial charge in [-0.05, 0) is 59.3 Å². The highest BCUT2D eigenvalue weighted by Crippen LogP contribution is 2.34. The molecule has 1 aliphatic carbocycles. The normalized spacial score (nSPS) is 18.1. The average Bonchev–Trinajstić information content (AvgIpc) is 2.67. The molecular formula is C16H17BrO2. The molecular weight excluding hydrogens is 304 g/mol. The van der Waals surface area contributed by atoms with E-state index < -0.39 is 6.10 Å². The Labute approximate surface area is 121 Å². The lowest BCUT2D eigenvalue weighted by molar-refractivity contribution is 0.183. The largest absolute Gasteiger partial charge is 0.457 e. The van der Waals surface area contributed by atoms with E-state index in [4.69, 9.17) is 4.42 Å². The monoisotopic (exact) mass is 320 g/mol. The minimum atomic E-state index is -0.600. The van der Waals surface area contributed by atoms with Crippen molar-refractivity contribution in [1.29, 1.82) is 0 Å². The van der Waals surface area contributed by atoms with Gasteiger partial charge in [0.15, 0.2) is 0 Å². The van der Waals surface area contributed by atoms with Gasteiger partial charge in [-0.2, -0.15) is 0 Å². The maximum absolute atomic E-state index is 10.5. The van der Waals surface area contributed by atoms with Crippen molar-refractivity contribution in [3.63, 3.8) is 0 Å². The number of aliphatic hydroxyl groups excluding tert-OH is 1. The number of para-hydroxylation sites is 1. The van der Waals surface area contributed by atoms with Gasteiger partial charge in [0, 0.05) is 5.39 Å². The van der Waals surface area contributed by atoms with Crippen LogP contribution in [0.25, 0.3) is 11.0 Å². The van der Waals surface area contributed by atoms with Crippen molar-refractivity contribution in [1.82, 2.24) is 0 Å². The van der Waals surface area contributed by atoms with E-state index in [-0.39, 0.29) is 0 Å². The summed E-state index contributed by atoms with van der Waals surface area (Å²) in [5.41, 5.74) is 1.92. The lowest BCUT2D eigenvalue weighted by Gasteiger charge is -2.11. The molecule has 3 heteroatoms. The zero-order chi connectivity index (χ0) is 13.2. The van der Waals surface area contributed by atoms with E-state index in [1.165, 1.54) is 12.8 Å². The number of furan rings is 1. The summed E-state index contributed by atoms with van der Waals surface area (Å²) in [6, 6.07) is 7.87. The first kappa shape index (κ1) is 12.9. The third kappa shape index (κ3) is 2.63. The minimum Gasteiger partial charge on any atom is -0.457 e.